The Hall–Kier alpha value is -3.87. The van der Waals surface area contributed by atoms with Crippen LogP contribution in [0.1, 0.15) is 28.7 Å². The van der Waals surface area contributed by atoms with Crippen molar-refractivity contribution in [2.45, 2.75) is 19.9 Å². The van der Waals surface area contributed by atoms with Gasteiger partial charge in [-0.3, -0.25) is 5.32 Å². The molecule has 0 atom stereocenters. The van der Waals surface area contributed by atoms with Gasteiger partial charge < -0.3 is 14.2 Å². The van der Waals surface area contributed by atoms with Crippen LogP contribution in [-0.4, -0.2) is 16.2 Å². The fourth-order valence-electron chi connectivity index (χ4n) is 3.14. The summed E-state index contributed by atoms with van der Waals surface area (Å²) < 4.78 is 11.1. The number of nitrogens with one attached hydrogen (secondary N) is 2. The number of aryl methyl sites for hydroxylation is 2. The maximum Gasteiger partial charge on any atom is 0.324 e. The van der Waals surface area contributed by atoms with Crippen molar-refractivity contribution in [3.05, 3.63) is 89.4 Å². The lowest BCUT2D eigenvalue weighted by Gasteiger charge is -2.19. The Morgan fingerprint density at radius 3 is 2.07 bits per heavy atom. The van der Waals surface area contributed by atoms with E-state index in [0.29, 0.717) is 11.3 Å². The van der Waals surface area contributed by atoms with Gasteiger partial charge >= 0.3 is 12.0 Å². The highest BCUT2D eigenvalue weighted by atomic mass is 16.4. The quantitative estimate of drug-likeness (QED) is 0.509. The highest BCUT2D eigenvalue weighted by Gasteiger charge is 2.19. The van der Waals surface area contributed by atoms with Gasteiger partial charge in [-0.15, -0.1) is 5.10 Å². The van der Waals surface area contributed by atoms with Crippen LogP contribution >= 0.6 is 0 Å². The first kappa shape index (κ1) is 18.5. The maximum atomic E-state index is 12.6. The van der Waals surface area contributed by atoms with E-state index in [0.717, 1.165) is 16.9 Å². The third-order valence-electron chi connectivity index (χ3n) is 4.46. The second-order valence-electron chi connectivity index (χ2n) is 6.59. The fraction of sp³-hybridized carbons (Fsp3) is 0.136. The number of furan rings is 1. The van der Waals surface area contributed by atoms with Gasteiger partial charge in [0.25, 0.3) is 5.89 Å². The molecule has 0 aliphatic carbocycles. The summed E-state index contributed by atoms with van der Waals surface area (Å²) >= 11 is 0. The molecule has 0 spiro atoms. The van der Waals surface area contributed by atoms with E-state index in [9.17, 15) is 4.79 Å². The highest BCUT2D eigenvalue weighted by molar-refractivity contribution is 5.87. The van der Waals surface area contributed by atoms with Gasteiger partial charge in [0.1, 0.15) is 11.5 Å². The molecule has 0 bridgehead atoms. The van der Waals surface area contributed by atoms with Crippen LogP contribution in [0, 0.1) is 13.8 Å². The molecule has 4 rings (SSSR count). The highest BCUT2D eigenvalue weighted by Crippen LogP contribution is 2.26. The third kappa shape index (κ3) is 4.19. The van der Waals surface area contributed by atoms with Crippen LogP contribution in [0.5, 0.6) is 0 Å². The number of amides is 2. The lowest BCUT2D eigenvalue weighted by Crippen LogP contribution is -2.33. The van der Waals surface area contributed by atoms with Crippen molar-refractivity contribution >= 4 is 12.0 Å². The normalized spacial score (nSPS) is 10.9. The summed E-state index contributed by atoms with van der Waals surface area (Å²) in [6.45, 7) is 3.66. The van der Waals surface area contributed by atoms with Crippen molar-refractivity contribution in [2.75, 3.05) is 5.32 Å². The van der Waals surface area contributed by atoms with E-state index in [4.69, 9.17) is 8.83 Å². The lowest BCUT2D eigenvalue weighted by atomic mass is 9.99. The van der Waals surface area contributed by atoms with Crippen LogP contribution in [0.25, 0.3) is 11.5 Å². The first-order chi connectivity index (χ1) is 14.1. The number of rotatable bonds is 5. The van der Waals surface area contributed by atoms with Crippen molar-refractivity contribution < 1.29 is 13.6 Å². The Labute approximate surface area is 167 Å². The summed E-state index contributed by atoms with van der Waals surface area (Å²) in [5, 5.41) is 13.5. The van der Waals surface area contributed by atoms with Crippen LogP contribution in [-0.2, 0) is 0 Å². The van der Waals surface area contributed by atoms with Gasteiger partial charge in [-0.05, 0) is 31.0 Å². The fourth-order valence-corrected chi connectivity index (χ4v) is 3.14. The van der Waals surface area contributed by atoms with Gasteiger partial charge in [-0.1, -0.05) is 65.8 Å². The molecular formula is C22H20N4O3. The van der Waals surface area contributed by atoms with Crippen molar-refractivity contribution in [2.24, 2.45) is 0 Å². The minimum Gasteiger partial charge on any atom is -0.466 e. The standard InChI is InChI=1S/C22H20N4O3/c1-14-13-18(15(2)28-14)20-25-26-22(29-20)24-21(27)23-19(16-9-5-3-6-10-16)17-11-7-4-8-12-17/h3-13,19H,1-2H3,(H2,23,24,26,27). The first-order valence-electron chi connectivity index (χ1n) is 9.18. The lowest BCUT2D eigenvalue weighted by molar-refractivity contribution is 0.249. The van der Waals surface area contributed by atoms with E-state index in [1.807, 2.05) is 80.6 Å². The predicted octanol–water partition coefficient (Wildman–Crippen LogP) is 4.86. The minimum absolute atomic E-state index is 0.00984. The molecule has 2 N–H and O–H groups in total. The first-order valence-corrected chi connectivity index (χ1v) is 9.18. The zero-order valence-corrected chi connectivity index (χ0v) is 16.0. The average Bonchev–Trinajstić information content (AvgIpc) is 3.33. The molecule has 2 aromatic carbocycles. The SMILES string of the molecule is Cc1cc(-c2nnc(NC(=O)NC(c3ccccc3)c3ccccc3)o2)c(C)o1. The van der Waals surface area contributed by atoms with E-state index < -0.39 is 6.03 Å². The van der Waals surface area contributed by atoms with Crippen molar-refractivity contribution in [1.29, 1.82) is 0 Å². The molecule has 146 valence electrons. The van der Waals surface area contributed by atoms with Crippen molar-refractivity contribution in [1.82, 2.24) is 15.5 Å². The second-order valence-corrected chi connectivity index (χ2v) is 6.59. The summed E-state index contributed by atoms with van der Waals surface area (Å²) in [6.07, 6.45) is 0. The van der Waals surface area contributed by atoms with Crippen LogP contribution in [0.3, 0.4) is 0 Å². The summed E-state index contributed by atoms with van der Waals surface area (Å²) in [7, 11) is 0. The van der Waals surface area contributed by atoms with Crippen molar-refractivity contribution in [3.63, 3.8) is 0 Å². The zero-order chi connectivity index (χ0) is 20.2. The van der Waals surface area contributed by atoms with E-state index in [1.54, 1.807) is 0 Å². The van der Waals surface area contributed by atoms with Gasteiger partial charge in [0.2, 0.25) is 0 Å². The monoisotopic (exact) mass is 388 g/mol. The van der Waals surface area contributed by atoms with E-state index in [1.165, 1.54) is 0 Å². The Morgan fingerprint density at radius 1 is 0.897 bits per heavy atom. The number of benzene rings is 2. The maximum absolute atomic E-state index is 12.6. The van der Waals surface area contributed by atoms with E-state index >= 15 is 0 Å². The molecule has 4 aromatic rings. The number of carbonyl (C=O) groups is 1. The van der Waals surface area contributed by atoms with Crippen LogP contribution in [0.4, 0.5) is 10.8 Å². The van der Waals surface area contributed by atoms with Gasteiger partial charge in [0, 0.05) is 0 Å². The molecule has 0 saturated heterocycles. The third-order valence-corrected chi connectivity index (χ3v) is 4.46. The second kappa shape index (κ2) is 8.02. The van der Waals surface area contributed by atoms with Gasteiger partial charge in [-0.25, -0.2) is 4.79 Å². The minimum atomic E-state index is -0.446. The summed E-state index contributed by atoms with van der Waals surface area (Å²) in [6, 6.07) is 20.5. The van der Waals surface area contributed by atoms with E-state index in [-0.39, 0.29) is 17.9 Å². The molecule has 0 radical (unpaired) electrons. The number of anilines is 1. The topological polar surface area (TPSA) is 93.2 Å². The summed E-state index contributed by atoms with van der Waals surface area (Å²) in [5.74, 6) is 1.71. The summed E-state index contributed by atoms with van der Waals surface area (Å²) in [5.41, 5.74) is 2.63. The molecule has 0 unspecified atom stereocenters. The molecule has 0 aliphatic heterocycles. The number of nitrogens with zero attached hydrogens (tertiary/aromatic N) is 2. The Kier molecular flexibility index (Phi) is 5.11. The molecule has 29 heavy (non-hydrogen) atoms. The molecule has 2 aromatic heterocycles. The largest absolute Gasteiger partial charge is 0.466 e. The molecule has 2 heterocycles. The smallest absolute Gasteiger partial charge is 0.324 e. The van der Waals surface area contributed by atoms with Gasteiger partial charge in [0.05, 0.1) is 11.6 Å². The van der Waals surface area contributed by atoms with Crippen LogP contribution in [0.2, 0.25) is 0 Å². The van der Waals surface area contributed by atoms with Crippen molar-refractivity contribution in [3.8, 4) is 11.5 Å². The Balaban J connectivity index is 1.51. The molecular weight excluding hydrogens is 368 g/mol. The van der Waals surface area contributed by atoms with Gasteiger partial charge in [0.15, 0.2) is 0 Å². The number of carbonyl (C=O) groups excluding carboxylic acids is 1. The van der Waals surface area contributed by atoms with Gasteiger partial charge in [-0.2, -0.15) is 0 Å². The number of urea groups is 1. The van der Waals surface area contributed by atoms with Crippen LogP contribution < -0.4 is 10.6 Å². The molecule has 7 nitrogen and oxygen atoms in total. The predicted molar refractivity (Wildman–Crippen MR) is 108 cm³/mol. The number of hydrogen-bond donors (Lipinski definition) is 2. The average molecular weight is 388 g/mol. The molecule has 2 amide bonds. The summed E-state index contributed by atoms with van der Waals surface area (Å²) in [4.78, 5) is 12.6. The Morgan fingerprint density at radius 2 is 1.52 bits per heavy atom. The number of aromatic nitrogens is 2. The Bertz CT molecular complexity index is 1060. The zero-order valence-electron chi connectivity index (χ0n) is 16.0. The van der Waals surface area contributed by atoms with Crippen LogP contribution in [0.15, 0.2) is 75.6 Å². The number of hydrogen-bond acceptors (Lipinski definition) is 5. The molecule has 0 aliphatic rings. The molecule has 7 heteroatoms. The molecule has 0 fully saturated rings. The molecule has 0 saturated carbocycles. The van der Waals surface area contributed by atoms with E-state index in [2.05, 4.69) is 20.8 Å².